The molecule has 0 unspecified atom stereocenters. The van der Waals surface area contributed by atoms with Gasteiger partial charge in [0, 0.05) is 23.7 Å². The van der Waals surface area contributed by atoms with Crippen molar-refractivity contribution in [1.82, 2.24) is 9.97 Å². The highest BCUT2D eigenvalue weighted by molar-refractivity contribution is 7.98. The van der Waals surface area contributed by atoms with Crippen molar-refractivity contribution in [3.8, 4) is 0 Å². The molecule has 17 heavy (non-hydrogen) atoms. The summed E-state index contributed by atoms with van der Waals surface area (Å²) in [7, 11) is 0. The molecule has 0 bridgehead atoms. The predicted molar refractivity (Wildman–Crippen MR) is 69.1 cm³/mol. The van der Waals surface area contributed by atoms with Gasteiger partial charge in [-0.3, -0.25) is 10.4 Å². The molecule has 1 aromatic carbocycles. The van der Waals surface area contributed by atoms with E-state index in [0.29, 0.717) is 0 Å². The normalized spacial score (nSPS) is 10.1. The highest BCUT2D eigenvalue weighted by atomic mass is 32.2. The molecule has 86 valence electrons. The van der Waals surface area contributed by atoms with Gasteiger partial charge in [-0.2, -0.15) is 0 Å². The molecule has 0 radical (unpaired) electrons. The summed E-state index contributed by atoms with van der Waals surface area (Å²) in [5, 5.41) is 8.37. The Morgan fingerprint density at radius 1 is 1.29 bits per heavy atom. The molecular formula is C12H12N4S. The number of nitrogen functional groups attached to an aromatic ring is 1. The Balaban J connectivity index is 2.12. The fourth-order valence-corrected chi connectivity index (χ4v) is 2.25. The van der Waals surface area contributed by atoms with Crippen LogP contribution in [0.2, 0.25) is 0 Å². The molecule has 4 nitrogen and oxygen atoms in total. The van der Waals surface area contributed by atoms with E-state index in [1.807, 2.05) is 24.3 Å². The first-order valence-electron chi connectivity index (χ1n) is 5.08. The first kappa shape index (κ1) is 11.6. The minimum atomic E-state index is 0.0975. The van der Waals surface area contributed by atoms with Crippen molar-refractivity contribution in [2.24, 2.45) is 5.73 Å². The number of amidine groups is 1. The van der Waals surface area contributed by atoms with E-state index >= 15 is 0 Å². The van der Waals surface area contributed by atoms with Gasteiger partial charge in [0.25, 0.3) is 0 Å². The molecule has 0 aliphatic rings. The Labute approximate surface area is 104 Å². The van der Waals surface area contributed by atoms with Crippen LogP contribution in [0.5, 0.6) is 0 Å². The maximum Gasteiger partial charge on any atom is 0.123 e. The summed E-state index contributed by atoms with van der Waals surface area (Å²) in [6.07, 6.45) is 5.04. The minimum absolute atomic E-state index is 0.0975. The van der Waals surface area contributed by atoms with Gasteiger partial charge in [-0.1, -0.05) is 24.3 Å². The van der Waals surface area contributed by atoms with Crippen LogP contribution < -0.4 is 5.73 Å². The zero-order valence-corrected chi connectivity index (χ0v) is 9.95. The molecule has 0 saturated carbocycles. The van der Waals surface area contributed by atoms with Gasteiger partial charge in [-0.15, -0.1) is 11.8 Å². The Morgan fingerprint density at radius 2 is 2.12 bits per heavy atom. The number of nitrogens with two attached hydrogens (primary N) is 1. The maximum atomic E-state index is 7.50. The van der Waals surface area contributed by atoms with Gasteiger partial charge >= 0.3 is 0 Å². The Hall–Kier alpha value is -1.88. The van der Waals surface area contributed by atoms with Gasteiger partial charge in [0.15, 0.2) is 0 Å². The van der Waals surface area contributed by atoms with E-state index in [1.54, 1.807) is 30.4 Å². The molecule has 0 aliphatic carbocycles. The summed E-state index contributed by atoms with van der Waals surface area (Å²) in [6.45, 7) is 0. The van der Waals surface area contributed by atoms with Crippen LogP contribution in [0, 0.1) is 5.41 Å². The standard InChI is InChI=1S/C12H12N4S/c13-12(14)10-4-2-1-3-9(10)8-17-11-7-15-5-6-16-11/h1-7H,8H2,(H3,13,14). The van der Waals surface area contributed by atoms with Crippen molar-refractivity contribution in [3.05, 3.63) is 54.0 Å². The molecule has 3 N–H and O–H groups in total. The smallest absolute Gasteiger partial charge is 0.123 e. The number of nitrogens with zero attached hydrogens (tertiary/aromatic N) is 2. The van der Waals surface area contributed by atoms with Gasteiger partial charge in [-0.05, 0) is 5.56 Å². The largest absolute Gasteiger partial charge is 0.384 e. The molecule has 5 heteroatoms. The number of hydrogen-bond acceptors (Lipinski definition) is 4. The number of rotatable bonds is 4. The van der Waals surface area contributed by atoms with Crippen LogP contribution in [-0.4, -0.2) is 15.8 Å². The highest BCUT2D eigenvalue weighted by Gasteiger charge is 2.05. The average Bonchev–Trinajstić information content (AvgIpc) is 2.38. The molecule has 0 aliphatic heterocycles. The summed E-state index contributed by atoms with van der Waals surface area (Å²) >= 11 is 1.58. The van der Waals surface area contributed by atoms with Gasteiger partial charge in [0.2, 0.25) is 0 Å². The minimum Gasteiger partial charge on any atom is -0.384 e. The van der Waals surface area contributed by atoms with Gasteiger partial charge in [0.05, 0.1) is 6.20 Å². The molecule has 1 aromatic heterocycles. The first-order valence-corrected chi connectivity index (χ1v) is 6.07. The van der Waals surface area contributed by atoms with Gasteiger partial charge in [0.1, 0.15) is 10.9 Å². The van der Waals surface area contributed by atoms with E-state index in [2.05, 4.69) is 9.97 Å². The number of hydrogen-bond donors (Lipinski definition) is 2. The van der Waals surface area contributed by atoms with Crippen LogP contribution in [0.4, 0.5) is 0 Å². The van der Waals surface area contributed by atoms with Crippen molar-refractivity contribution >= 4 is 17.6 Å². The average molecular weight is 244 g/mol. The summed E-state index contributed by atoms with van der Waals surface area (Å²) < 4.78 is 0. The Bertz CT molecular complexity index is 513. The SMILES string of the molecule is N=C(N)c1ccccc1CSc1cnccn1. The Kier molecular flexibility index (Phi) is 3.72. The molecule has 2 rings (SSSR count). The monoisotopic (exact) mass is 244 g/mol. The predicted octanol–water partition coefficient (Wildman–Crippen LogP) is 2.05. The maximum absolute atomic E-state index is 7.50. The van der Waals surface area contributed by atoms with Crippen molar-refractivity contribution < 1.29 is 0 Å². The van der Waals surface area contributed by atoms with Crippen molar-refractivity contribution in [2.45, 2.75) is 10.8 Å². The zero-order chi connectivity index (χ0) is 12.1. The second kappa shape index (κ2) is 5.45. The highest BCUT2D eigenvalue weighted by Crippen LogP contribution is 2.21. The molecule has 0 atom stereocenters. The summed E-state index contributed by atoms with van der Waals surface area (Å²) in [5.74, 6) is 0.828. The van der Waals surface area contributed by atoms with Crippen LogP contribution in [0.25, 0.3) is 0 Å². The molecule has 0 fully saturated rings. The zero-order valence-electron chi connectivity index (χ0n) is 9.13. The van der Waals surface area contributed by atoms with Crippen molar-refractivity contribution in [2.75, 3.05) is 0 Å². The summed E-state index contributed by atoms with van der Waals surface area (Å²) in [5.41, 5.74) is 7.35. The summed E-state index contributed by atoms with van der Waals surface area (Å²) in [4.78, 5) is 8.19. The van der Waals surface area contributed by atoms with Gasteiger partial charge in [-0.25, -0.2) is 4.98 Å². The van der Waals surface area contributed by atoms with Crippen molar-refractivity contribution in [3.63, 3.8) is 0 Å². The fraction of sp³-hybridized carbons (Fsp3) is 0.0833. The van der Waals surface area contributed by atoms with E-state index in [0.717, 1.165) is 21.9 Å². The third-order valence-corrected chi connectivity index (χ3v) is 3.18. The van der Waals surface area contributed by atoms with E-state index in [9.17, 15) is 0 Å². The lowest BCUT2D eigenvalue weighted by Crippen LogP contribution is -2.13. The van der Waals surface area contributed by atoms with Crippen molar-refractivity contribution in [1.29, 1.82) is 5.41 Å². The van der Waals surface area contributed by atoms with E-state index < -0.39 is 0 Å². The number of nitrogens with one attached hydrogen (secondary N) is 1. The van der Waals surface area contributed by atoms with E-state index in [-0.39, 0.29) is 5.84 Å². The van der Waals surface area contributed by atoms with Crippen LogP contribution >= 0.6 is 11.8 Å². The quantitative estimate of drug-likeness (QED) is 0.490. The lowest BCUT2D eigenvalue weighted by Gasteiger charge is -2.06. The van der Waals surface area contributed by atoms with Gasteiger partial charge < -0.3 is 5.73 Å². The van der Waals surface area contributed by atoms with Crippen LogP contribution in [-0.2, 0) is 5.75 Å². The topological polar surface area (TPSA) is 75.7 Å². The van der Waals surface area contributed by atoms with Crippen LogP contribution in [0.1, 0.15) is 11.1 Å². The summed E-state index contributed by atoms with van der Waals surface area (Å²) in [6, 6.07) is 7.65. The van der Waals surface area contributed by atoms with E-state index in [4.69, 9.17) is 11.1 Å². The number of aromatic nitrogens is 2. The van der Waals surface area contributed by atoms with E-state index in [1.165, 1.54) is 0 Å². The molecule has 2 aromatic rings. The third-order valence-electron chi connectivity index (χ3n) is 2.22. The number of thioether (sulfide) groups is 1. The molecule has 0 spiro atoms. The third kappa shape index (κ3) is 3.04. The molecule has 0 amide bonds. The Morgan fingerprint density at radius 3 is 2.82 bits per heavy atom. The second-order valence-corrected chi connectivity index (χ2v) is 4.40. The van der Waals surface area contributed by atoms with Crippen LogP contribution in [0.15, 0.2) is 47.9 Å². The number of benzene rings is 1. The fourth-order valence-electron chi connectivity index (χ4n) is 1.42. The molecular weight excluding hydrogens is 232 g/mol. The lowest BCUT2D eigenvalue weighted by molar-refractivity contribution is 1.05. The lowest BCUT2D eigenvalue weighted by atomic mass is 10.1. The van der Waals surface area contributed by atoms with Crippen LogP contribution in [0.3, 0.4) is 0 Å². The second-order valence-electron chi connectivity index (χ2n) is 3.40. The molecule has 1 heterocycles. The first-order chi connectivity index (χ1) is 8.27. The molecule has 0 saturated heterocycles.